The van der Waals surface area contributed by atoms with Gasteiger partial charge in [0, 0.05) is 5.92 Å². The Morgan fingerprint density at radius 3 is 2.57 bits per heavy atom. The van der Waals surface area contributed by atoms with Crippen LogP contribution < -0.4 is 5.32 Å². The molecule has 0 bridgehead atoms. The average molecular weight is 288 g/mol. The molecule has 21 heavy (non-hydrogen) atoms. The van der Waals surface area contributed by atoms with Crippen LogP contribution in [0.15, 0.2) is 30.3 Å². The van der Waals surface area contributed by atoms with Crippen molar-refractivity contribution < 1.29 is 19.1 Å². The van der Waals surface area contributed by atoms with Gasteiger partial charge in [0.15, 0.2) is 6.61 Å². The molecular formula is C15H16N2O4. The molecule has 1 saturated carbocycles. The normalized spacial score (nSPS) is 19.3. The van der Waals surface area contributed by atoms with E-state index in [4.69, 9.17) is 4.74 Å². The van der Waals surface area contributed by atoms with E-state index >= 15 is 0 Å². The summed E-state index contributed by atoms with van der Waals surface area (Å²) in [7, 11) is 0. The summed E-state index contributed by atoms with van der Waals surface area (Å²) in [5.74, 6) is -0.331. The molecule has 2 aliphatic rings. The third kappa shape index (κ3) is 3.04. The Kier molecular flexibility index (Phi) is 3.60. The lowest BCUT2D eigenvalue weighted by Crippen LogP contribution is -2.40. The van der Waals surface area contributed by atoms with E-state index in [-0.39, 0.29) is 30.9 Å². The molecule has 3 amide bonds. The first-order chi connectivity index (χ1) is 10.1. The number of nitrogens with one attached hydrogen (secondary N) is 1. The van der Waals surface area contributed by atoms with Crippen molar-refractivity contribution >= 4 is 17.9 Å². The molecule has 2 fully saturated rings. The number of cyclic esters (lactones) is 1. The smallest absolute Gasteiger partial charge is 0.417 e. The molecule has 1 aliphatic carbocycles. The van der Waals surface area contributed by atoms with Gasteiger partial charge in [-0.2, -0.15) is 0 Å². The molecule has 1 aromatic carbocycles. The number of carbonyl (C=O) groups excluding carboxylic acids is 3. The van der Waals surface area contributed by atoms with Gasteiger partial charge in [-0.05, 0) is 18.4 Å². The number of rotatable bonds is 5. The minimum Gasteiger partial charge on any atom is -0.439 e. The van der Waals surface area contributed by atoms with E-state index in [0.717, 1.165) is 23.3 Å². The van der Waals surface area contributed by atoms with E-state index in [1.807, 2.05) is 30.3 Å². The van der Waals surface area contributed by atoms with E-state index in [2.05, 4.69) is 5.32 Å². The van der Waals surface area contributed by atoms with Crippen LogP contribution in [0.3, 0.4) is 0 Å². The lowest BCUT2D eigenvalue weighted by Gasteiger charge is -2.22. The molecule has 1 aliphatic heterocycles. The highest BCUT2D eigenvalue weighted by atomic mass is 16.6. The van der Waals surface area contributed by atoms with Gasteiger partial charge in [-0.3, -0.25) is 9.59 Å². The molecular weight excluding hydrogens is 272 g/mol. The summed E-state index contributed by atoms with van der Waals surface area (Å²) in [6.45, 7) is -0.128. The maximum absolute atomic E-state index is 12.0. The maximum atomic E-state index is 12.0. The van der Waals surface area contributed by atoms with Crippen LogP contribution in [0.1, 0.15) is 24.4 Å². The number of hydrogen-bond donors (Lipinski definition) is 1. The average Bonchev–Trinajstić information content (AvgIpc) is 3.30. The summed E-state index contributed by atoms with van der Waals surface area (Å²) >= 11 is 0. The quantitative estimate of drug-likeness (QED) is 0.884. The Hall–Kier alpha value is -2.37. The standard InChI is InChI=1S/C15H16N2O4/c18-13-9-21-15(20)17(13)8-12(10-4-2-1-3-5-10)16-14(19)11-6-7-11/h1-5,11-12H,6-9H2,(H,16,19). The molecule has 1 N–H and O–H groups in total. The fraction of sp³-hybridized carbons (Fsp3) is 0.400. The number of hydrogen-bond acceptors (Lipinski definition) is 4. The zero-order valence-electron chi connectivity index (χ0n) is 11.5. The van der Waals surface area contributed by atoms with Crippen LogP contribution in [0.2, 0.25) is 0 Å². The topological polar surface area (TPSA) is 75.7 Å². The zero-order valence-corrected chi connectivity index (χ0v) is 11.5. The van der Waals surface area contributed by atoms with E-state index < -0.39 is 12.1 Å². The number of nitrogens with zero attached hydrogens (tertiary/aromatic N) is 1. The van der Waals surface area contributed by atoms with Crippen LogP contribution in [0.4, 0.5) is 4.79 Å². The summed E-state index contributed by atoms with van der Waals surface area (Å²) in [6, 6.07) is 8.91. The molecule has 1 aromatic rings. The summed E-state index contributed by atoms with van der Waals surface area (Å²) in [5, 5.41) is 2.92. The van der Waals surface area contributed by atoms with Crippen molar-refractivity contribution in [2.45, 2.75) is 18.9 Å². The molecule has 0 aromatic heterocycles. The van der Waals surface area contributed by atoms with Crippen molar-refractivity contribution in [3.8, 4) is 0 Å². The van der Waals surface area contributed by atoms with Gasteiger partial charge >= 0.3 is 6.09 Å². The molecule has 0 radical (unpaired) electrons. The van der Waals surface area contributed by atoms with Gasteiger partial charge in [0.2, 0.25) is 5.91 Å². The highest BCUT2D eigenvalue weighted by Crippen LogP contribution is 2.30. The number of benzene rings is 1. The minimum atomic E-state index is -0.651. The third-order valence-corrected chi connectivity index (χ3v) is 3.67. The lowest BCUT2D eigenvalue weighted by atomic mass is 10.1. The van der Waals surface area contributed by atoms with Crippen LogP contribution >= 0.6 is 0 Å². The minimum absolute atomic E-state index is 0.0242. The molecule has 1 heterocycles. The molecule has 6 heteroatoms. The van der Waals surface area contributed by atoms with E-state index in [9.17, 15) is 14.4 Å². The number of carbonyl (C=O) groups is 3. The molecule has 1 unspecified atom stereocenters. The van der Waals surface area contributed by atoms with Crippen LogP contribution in [-0.2, 0) is 14.3 Å². The number of amides is 3. The second-order valence-electron chi connectivity index (χ2n) is 5.31. The van der Waals surface area contributed by atoms with Crippen LogP contribution in [0, 0.1) is 5.92 Å². The number of imide groups is 1. The number of ether oxygens (including phenoxy) is 1. The Morgan fingerprint density at radius 2 is 2.00 bits per heavy atom. The second kappa shape index (κ2) is 5.55. The monoisotopic (exact) mass is 288 g/mol. The van der Waals surface area contributed by atoms with Gasteiger partial charge in [0.05, 0.1) is 12.6 Å². The van der Waals surface area contributed by atoms with Crippen molar-refractivity contribution in [1.29, 1.82) is 0 Å². The van der Waals surface area contributed by atoms with Gasteiger partial charge in [-0.25, -0.2) is 9.69 Å². The van der Waals surface area contributed by atoms with Crippen LogP contribution in [-0.4, -0.2) is 36.0 Å². The maximum Gasteiger partial charge on any atom is 0.417 e. The first-order valence-electron chi connectivity index (χ1n) is 6.97. The predicted molar refractivity (Wildman–Crippen MR) is 73.1 cm³/mol. The third-order valence-electron chi connectivity index (χ3n) is 3.67. The van der Waals surface area contributed by atoms with Crippen molar-refractivity contribution in [2.24, 2.45) is 5.92 Å². The van der Waals surface area contributed by atoms with Gasteiger partial charge in [-0.1, -0.05) is 30.3 Å². The SMILES string of the molecule is O=C(NC(CN1C(=O)COC1=O)c1ccccc1)C1CC1. The molecule has 0 spiro atoms. The molecule has 110 valence electrons. The molecule has 6 nitrogen and oxygen atoms in total. The fourth-order valence-electron chi connectivity index (χ4n) is 2.29. The summed E-state index contributed by atoms with van der Waals surface area (Å²) in [5.41, 5.74) is 0.860. The van der Waals surface area contributed by atoms with Crippen molar-refractivity contribution in [3.05, 3.63) is 35.9 Å². The predicted octanol–water partition coefficient (Wildman–Crippen LogP) is 1.23. The summed E-state index contributed by atoms with van der Waals surface area (Å²) < 4.78 is 4.70. The Bertz CT molecular complexity index is 552. The molecule has 1 saturated heterocycles. The Morgan fingerprint density at radius 1 is 1.29 bits per heavy atom. The molecule has 1 atom stereocenters. The Balaban J connectivity index is 1.76. The first-order valence-corrected chi connectivity index (χ1v) is 6.97. The van der Waals surface area contributed by atoms with Gasteiger partial charge in [0.25, 0.3) is 5.91 Å². The van der Waals surface area contributed by atoms with Crippen LogP contribution in [0.25, 0.3) is 0 Å². The van der Waals surface area contributed by atoms with Crippen molar-refractivity contribution in [2.75, 3.05) is 13.2 Å². The van der Waals surface area contributed by atoms with Crippen LogP contribution in [0.5, 0.6) is 0 Å². The van der Waals surface area contributed by atoms with E-state index in [0.29, 0.717) is 0 Å². The second-order valence-corrected chi connectivity index (χ2v) is 5.31. The summed E-state index contributed by atoms with van der Waals surface area (Å²) in [4.78, 5) is 36.2. The highest BCUT2D eigenvalue weighted by molar-refractivity contribution is 5.97. The van der Waals surface area contributed by atoms with Gasteiger partial charge in [-0.15, -0.1) is 0 Å². The highest BCUT2D eigenvalue weighted by Gasteiger charge is 2.36. The van der Waals surface area contributed by atoms with Crippen molar-refractivity contribution in [1.82, 2.24) is 10.2 Å². The Labute approximate surface area is 122 Å². The fourth-order valence-corrected chi connectivity index (χ4v) is 2.29. The summed E-state index contributed by atoms with van der Waals surface area (Å²) in [6.07, 6.45) is 1.15. The van der Waals surface area contributed by atoms with E-state index in [1.165, 1.54) is 0 Å². The largest absolute Gasteiger partial charge is 0.439 e. The molecule has 3 rings (SSSR count). The van der Waals surface area contributed by atoms with Gasteiger partial charge in [0.1, 0.15) is 0 Å². The van der Waals surface area contributed by atoms with E-state index in [1.54, 1.807) is 0 Å². The zero-order chi connectivity index (χ0) is 14.8. The van der Waals surface area contributed by atoms with Gasteiger partial charge < -0.3 is 10.1 Å². The first kappa shape index (κ1) is 13.6. The van der Waals surface area contributed by atoms with Crippen molar-refractivity contribution in [3.63, 3.8) is 0 Å². The lowest BCUT2D eigenvalue weighted by molar-refractivity contribution is -0.127.